The molecule has 0 N–H and O–H groups in total. The topological polar surface area (TPSA) is 57.7 Å². The molecule has 172 valence electrons. The van der Waals surface area contributed by atoms with Crippen molar-refractivity contribution < 1.29 is 13.2 Å². The van der Waals surface area contributed by atoms with E-state index in [0.29, 0.717) is 17.3 Å². The van der Waals surface area contributed by atoms with Crippen LogP contribution in [0.4, 0.5) is 5.69 Å². The van der Waals surface area contributed by atoms with Gasteiger partial charge in [-0.1, -0.05) is 51.1 Å². The number of sulfonamides is 1. The Morgan fingerprint density at radius 2 is 1.72 bits per heavy atom. The first kappa shape index (κ1) is 22.8. The number of aryl methyl sites for hydroxylation is 1. The van der Waals surface area contributed by atoms with Crippen molar-refractivity contribution in [1.82, 2.24) is 4.90 Å². The monoisotopic (exact) mass is 454 g/mol. The maximum atomic E-state index is 13.3. The number of fused-ring (bicyclic) bond motifs is 2. The average molecular weight is 455 g/mol. The van der Waals surface area contributed by atoms with Gasteiger partial charge in [-0.15, -0.1) is 0 Å². The van der Waals surface area contributed by atoms with E-state index >= 15 is 0 Å². The molecule has 1 heterocycles. The molecular weight excluding hydrogens is 420 g/mol. The molecule has 1 saturated carbocycles. The van der Waals surface area contributed by atoms with Crippen LogP contribution >= 0.6 is 0 Å². The van der Waals surface area contributed by atoms with Crippen molar-refractivity contribution in [2.75, 3.05) is 17.1 Å². The Hall–Kier alpha value is -2.34. The Morgan fingerprint density at radius 3 is 2.34 bits per heavy atom. The largest absolute Gasteiger partial charge is 0.335 e. The lowest BCUT2D eigenvalue weighted by Crippen LogP contribution is -2.37. The molecule has 5 nitrogen and oxygen atoms in total. The molecule has 6 heteroatoms. The van der Waals surface area contributed by atoms with Crippen LogP contribution in [-0.4, -0.2) is 38.1 Å². The number of benzene rings is 2. The highest BCUT2D eigenvalue weighted by molar-refractivity contribution is 7.92. The van der Waals surface area contributed by atoms with Crippen LogP contribution in [0.5, 0.6) is 0 Å². The van der Waals surface area contributed by atoms with E-state index in [0.717, 1.165) is 36.9 Å². The van der Waals surface area contributed by atoms with Crippen molar-refractivity contribution in [2.24, 2.45) is 10.8 Å². The summed E-state index contributed by atoms with van der Waals surface area (Å²) in [6.45, 7) is 9.88. The summed E-state index contributed by atoms with van der Waals surface area (Å²) in [4.78, 5) is 15.4. The molecule has 2 unspecified atom stereocenters. The summed E-state index contributed by atoms with van der Waals surface area (Å²) in [5, 5.41) is 0. The van der Waals surface area contributed by atoms with Gasteiger partial charge in [0.2, 0.25) is 10.0 Å². The maximum Gasteiger partial charge on any atom is 0.254 e. The predicted molar refractivity (Wildman–Crippen MR) is 129 cm³/mol. The third-order valence-corrected chi connectivity index (χ3v) is 8.11. The zero-order chi connectivity index (χ0) is 23.3. The molecule has 2 aromatic carbocycles. The van der Waals surface area contributed by atoms with E-state index in [-0.39, 0.29) is 23.3 Å². The van der Waals surface area contributed by atoms with Crippen molar-refractivity contribution >= 4 is 21.6 Å². The van der Waals surface area contributed by atoms with Crippen LogP contribution in [-0.2, 0) is 16.6 Å². The molecule has 2 atom stereocenters. The molecule has 32 heavy (non-hydrogen) atoms. The smallest absolute Gasteiger partial charge is 0.254 e. The van der Waals surface area contributed by atoms with Crippen molar-refractivity contribution in [3.05, 3.63) is 65.2 Å². The highest BCUT2D eigenvalue weighted by atomic mass is 32.2. The molecule has 0 radical (unpaired) electrons. The molecule has 4 rings (SSSR count). The zero-order valence-corrected chi connectivity index (χ0v) is 20.6. The first-order valence-electron chi connectivity index (χ1n) is 11.3. The van der Waals surface area contributed by atoms with Crippen molar-refractivity contribution in [3.63, 3.8) is 0 Å². The molecule has 1 saturated heterocycles. The highest BCUT2D eigenvalue weighted by Crippen LogP contribution is 2.52. The summed E-state index contributed by atoms with van der Waals surface area (Å²) >= 11 is 0. The number of carbonyl (C=O) groups is 1. The highest BCUT2D eigenvalue weighted by Gasteiger charge is 2.51. The molecule has 1 amide bonds. The Bertz CT molecular complexity index is 1120. The number of hydrogen-bond donors (Lipinski definition) is 0. The van der Waals surface area contributed by atoms with Gasteiger partial charge in [0.05, 0.1) is 18.5 Å². The molecule has 2 aliphatic rings. The van der Waals surface area contributed by atoms with Gasteiger partial charge in [0.1, 0.15) is 0 Å². The summed E-state index contributed by atoms with van der Waals surface area (Å²) in [5.41, 5.74) is 3.57. The molecule has 1 aliphatic carbocycles. The molecule has 2 fully saturated rings. The molecule has 2 aromatic rings. The lowest BCUT2D eigenvalue weighted by atomic mass is 9.65. The fraction of sp³-hybridized carbons (Fsp3) is 0.500. The van der Waals surface area contributed by atoms with Crippen LogP contribution in [0.2, 0.25) is 0 Å². The first-order valence-corrected chi connectivity index (χ1v) is 13.2. The minimum Gasteiger partial charge on any atom is -0.335 e. The van der Waals surface area contributed by atoms with Gasteiger partial charge in [0.25, 0.3) is 5.91 Å². The summed E-state index contributed by atoms with van der Waals surface area (Å²) in [7, 11) is -3.45. The van der Waals surface area contributed by atoms with Crippen molar-refractivity contribution in [1.29, 1.82) is 0 Å². The Morgan fingerprint density at radius 1 is 1.06 bits per heavy atom. The van der Waals surface area contributed by atoms with E-state index < -0.39 is 10.0 Å². The van der Waals surface area contributed by atoms with Crippen LogP contribution < -0.4 is 4.31 Å². The molecule has 0 spiro atoms. The van der Waals surface area contributed by atoms with E-state index in [1.807, 2.05) is 55.5 Å². The number of rotatable bonds is 5. The zero-order valence-electron chi connectivity index (χ0n) is 19.8. The Kier molecular flexibility index (Phi) is 5.64. The summed E-state index contributed by atoms with van der Waals surface area (Å²) in [6, 6.07) is 15.2. The van der Waals surface area contributed by atoms with Crippen LogP contribution in [0, 0.1) is 17.8 Å². The van der Waals surface area contributed by atoms with Gasteiger partial charge in [-0.3, -0.25) is 9.10 Å². The van der Waals surface area contributed by atoms with Gasteiger partial charge < -0.3 is 4.90 Å². The van der Waals surface area contributed by atoms with Crippen LogP contribution in [0.1, 0.15) is 61.5 Å². The van der Waals surface area contributed by atoms with Crippen molar-refractivity contribution in [2.45, 2.75) is 59.5 Å². The normalized spacial score (nSPS) is 24.4. The molecule has 0 aromatic heterocycles. The number of anilines is 1. The molecule has 1 aliphatic heterocycles. The van der Waals surface area contributed by atoms with Gasteiger partial charge in [-0.2, -0.15) is 0 Å². The van der Waals surface area contributed by atoms with Crippen LogP contribution in [0.15, 0.2) is 48.5 Å². The lowest BCUT2D eigenvalue weighted by molar-refractivity contribution is 0.0708. The third kappa shape index (κ3) is 4.56. The molecular formula is C26H34N2O3S. The van der Waals surface area contributed by atoms with Gasteiger partial charge in [0.15, 0.2) is 0 Å². The summed E-state index contributed by atoms with van der Waals surface area (Å²) in [6.07, 6.45) is 4.51. The lowest BCUT2D eigenvalue weighted by Gasteiger charge is -2.39. The second kappa shape index (κ2) is 7.91. The minimum absolute atomic E-state index is 0.0850. The average Bonchev–Trinajstić information content (AvgIpc) is 2.94. The molecule has 2 bridgehead atoms. The van der Waals surface area contributed by atoms with E-state index in [4.69, 9.17) is 0 Å². The maximum absolute atomic E-state index is 13.3. The second-order valence-corrected chi connectivity index (χ2v) is 12.8. The van der Waals surface area contributed by atoms with E-state index in [9.17, 15) is 13.2 Å². The van der Waals surface area contributed by atoms with Gasteiger partial charge in [-0.25, -0.2) is 8.42 Å². The summed E-state index contributed by atoms with van der Waals surface area (Å²) in [5.74, 6) is 0.0850. The van der Waals surface area contributed by atoms with Crippen LogP contribution in [0.3, 0.4) is 0 Å². The fourth-order valence-corrected chi connectivity index (χ4v) is 6.95. The number of amides is 1. The second-order valence-electron chi connectivity index (χ2n) is 10.9. The van der Waals surface area contributed by atoms with Gasteiger partial charge >= 0.3 is 0 Å². The Balaban J connectivity index is 1.53. The Labute approximate surface area is 192 Å². The first-order chi connectivity index (χ1) is 14.9. The van der Waals surface area contributed by atoms with Gasteiger partial charge in [-0.05, 0) is 66.3 Å². The minimum atomic E-state index is -3.45. The van der Waals surface area contributed by atoms with Crippen molar-refractivity contribution in [3.8, 4) is 0 Å². The number of nitrogens with zero attached hydrogens (tertiary/aromatic N) is 2. The van der Waals surface area contributed by atoms with E-state index in [2.05, 4.69) is 25.7 Å². The summed E-state index contributed by atoms with van der Waals surface area (Å²) < 4.78 is 26.4. The fourth-order valence-electron chi connectivity index (χ4n) is 6.01. The number of para-hydroxylation sites is 1. The number of hydrogen-bond acceptors (Lipinski definition) is 3. The predicted octanol–water partition coefficient (Wildman–Crippen LogP) is 5.00. The van der Waals surface area contributed by atoms with Gasteiger partial charge in [0, 0.05) is 18.2 Å². The van der Waals surface area contributed by atoms with E-state index in [1.54, 1.807) is 0 Å². The quantitative estimate of drug-likeness (QED) is 0.639. The van der Waals surface area contributed by atoms with E-state index in [1.165, 1.54) is 10.6 Å². The van der Waals surface area contributed by atoms with Crippen LogP contribution in [0.25, 0.3) is 0 Å². The standard InChI is InChI=1S/C26H34N2O3S/c1-19-8-6-7-9-23(19)28(32(5,30)31)16-20-10-12-21(13-11-20)24(29)27-18-26(4)15-22(27)14-25(2,3)17-26/h6-13,22H,14-18H2,1-5H3. The SMILES string of the molecule is Cc1ccccc1N(Cc1ccc(C(=O)N2CC3(C)CC2CC(C)(C)C3)cc1)S(C)(=O)=O. The number of likely N-dealkylation sites (tertiary alicyclic amines) is 1. The third-order valence-electron chi connectivity index (χ3n) is 6.99. The number of carbonyl (C=O) groups excluding carboxylic acids is 1.